The number of hydrogen-bond acceptors (Lipinski definition) is 6. The maximum Gasteiger partial charge on any atom is 0.200 e. The molecule has 27 heavy (non-hydrogen) atoms. The van der Waals surface area contributed by atoms with Gasteiger partial charge in [0.1, 0.15) is 6.33 Å². The first-order chi connectivity index (χ1) is 13.0. The van der Waals surface area contributed by atoms with Gasteiger partial charge in [0, 0.05) is 6.04 Å². The summed E-state index contributed by atoms with van der Waals surface area (Å²) in [4.78, 5) is 0. The van der Waals surface area contributed by atoms with E-state index in [1.54, 1.807) is 10.8 Å². The Bertz CT molecular complexity index is 907. The van der Waals surface area contributed by atoms with Crippen molar-refractivity contribution in [2.24, 2.45) is 0 Å². The fourth-order valence-electron chi connectivity index (χ4n) is 2.89. The van der Waals surface area contributed by atoms with E-state index in [-0.39, 0.29) is 6.04 Å². The van der Waals surface area contributed by atoms with Gasteiger partial charge in [-0.1, -0.05) is 19.9 Å². The predicted molar refractivity (Wildman–Crippen MR) is 106 cm³/mol. The lowest BCUT2D eigenvalue weighted by molar-refractivity contribution is 0.287. The molecule has 0 fully saturated rings. The van der Waals surface area contributed by atoms with Crippen LogP contribution in [-0.4, -0.2) is 33.0 Å². The molecule has 7 heteroatoms. The highest BCUT2D eigenvalue weighted by molar-refractivity contribution is 5.67. The Kier molecular flexibility index (Phi) is 5.78. The Labute approximate surface area is 159 Å². The van der Waals surface area contributed by atoms with Crippen LogP contribution in [-0.2, 0) is 0 Å². The van der Waals surface area contributed by atoms with Crippen LogP contribution in [0.25, 0.3) is 5.65 Å². The largest absolute Gasteiger partial charge is 0.490 e. The number of ether oxygens (including phenoxy) is 2. The molecule has 1 unspecified atom stereocenters. The molecular formula is C20H27N5O2. The molecule has 0 spiro atoms. The molecule has 0 saturated heterocycles. The average Bonchev–Trinajstić information content (AvgIpc) is 3.12. The van der Waals surface area contributed by atoms with Crippen LogP contribution in [0.1, 0.15) is 57.8 Å². The van der Waals surface area contributed by atoms with Gasteiger partial charge in [0.15, 0.2) is 11.5 Å². The molecule has 0 bridgehead atoms. The lowest BCUT2D eigenvalue weighted by Gasteiger charge is -2.19. The fraction of sp³-hybridized carbons (Fsp3) is 0.450. The van der Waals surface area contributed by atoms with Crippen molar-refractivity contribution in [1.82, 2.24) is 19.8 Å². The van der Waals surface area contributed by atoms with Crippen molar-refractivity contribution < 1.29 is 9.47 Å². The number of aromatic nitrogens is 4. The van der Waals surface area contributed by atoms with Gasteiger partial charge in [0.2, 0.25) is 5.65 Å². The predicted octanol–water partition coefficient (Wildman–Crippen LogP) is 4.22. The molecule has 1 N–H and O–H groups in total. The minimum atomic E-state index is 0.0443. The third-order valence-electron chi connectivity index (χ3n) is 4.32. The number of hydrogen-bond donors (Lipinski definition) is 1. The second-order valence-electron chi connectivity index (χ2n) is 6.67. The van der Waals surface area contributed by atoms with Gasteiger partial charge in [-0.15, -0.1) is 10.2 Å². The molecule has 144 valence electrons. The van der Waals surface area contributed by atoms with Crippen molar-refractivity contribution in [2.45, 2.75) is 46.6 Å². The second kappa shape index (κ2) is 8.24. The smallest absolute Gasteiger partial charge is 0.200 e. The first-order valence-electron chi connectivity index (χ1n) is 9.40. The minimum absolute atomic E-state index is 0.0443. The van der Waals surface area contributed by atoms with E-state index in [9.17, 15) is 0 Å². The standard InChI is InChI=1S/C20H27N5O2/c1-6-26-18-9-8-15(10-19(18)27-7-2)14(5)22-17-11-16(13(3)4)24-25-12-21-23-20(17)25/h8-14,22H,6-7H2,1-5H3. The molecule has 2 aromatic heterocycles. The molecule has 0 radical (unpaired) electrons. The zero-order valence-corrected chi connectivity index (χ0v) is 16.6. The van der Waals surface area contributed by atoms with Crippen LogP contribution in [0.15, 0.2) is 30.6 Å². The van der Waals surface area contributed by atoms with Gasteiger partial charge in [0.05, 0.1) is 24.6 Å². The normalized spacial score (nSPS) is 12.4. The SMILES string of the molecule is CCOc1ccc(C(C)Nc2cc(C(C)C)nn3cnnc23)cc1OCC. The van der Waals surface area contributed by atoms with E-state index in [2.05, 4.69) is 47.5 Å². The highest BCUT2D eigenvalue weighted by Gasteiger charge is 2.15. The number of rotatable bonds is 8. The number of anilines is 1. The highest BCUT2D eigenvalue weighted by atomic mass is 16.5. The Hall–Kier alpha value is -2.83. The van der Waals surface area contributed by atoms with E-state index >= 15 is 0 Å². The Balaban J connectivity index is 1.91. The molecule has 0 aliphatic heterocycles. The van der Waals surface area contributed by atoms with Crippen molar-refractivity contribution in [3.63, 3.8) is 0 Å². The first-order valence-corrected chi connectivity index (χ1v) is 9.40. The van der Waals surface area contributed by atoms with Crippen LogP contribution < -0.4 is 14.8 Å². The number of fused-ring (bicyclic) bond motifs is 1. The second-order valence-corrected chi connectivity index (χ2v) is 6.67. The van der Waals surface area contributed by atoms with Crippen LogP contribution in [0.5, 0.6) is 11.5 Å². The summed E-state index contributed by atoms with van der Waals surface area (Å²) in [6.45, 7) is 11.5. The molecule has 1 aromatic carbocycles. The van der Waals surface area contributed by atoms with Gasteiger partial charge in [-0.05, 0) is 50.5 Å². The molecule has 7 nitrogen and oxygen atoms in total. The van der Waals surface area contributed by atoms with Crippen molar-refractivity contribution in [2.75, 3.05) is 18.5 Å². The van der Waals surface area contributed by atoms with Crippen LogP contribution in [0.4, 0.5) is 5.69 Å². The maximum absolute atomic E-state index is 5.75. The van der Waals surface area contributed by atoms with Crippen LogP contribution >= 0.6 is 0 Å². The number of nitrogens with one attached hydrogen (secondary N) is 1. The fourth-order valence-corrected chi connectivity index (χ4v) is 2.89. The summed E-state index contributed by atoms with van der Waals surface area (Å²) in [5.74, 6) is 1.83. The molecule has 2 heterocycles. The van der Waals surface area contributed by atoms with Crippen molar-refractivity contribution in [3.05, 3.63) is 41.9 Å². The third-order valence-corrected chi connectivity index (χ3v) is 4.32. The lowest BCUT2D eigenvalue weighted by atomic mass is 10.1. The van der Waals surface area contributed by atoms with Gasteiger partial charge in [-0.2, -0.15) is 9.61 Å². The topological polar surface area (TPSA) is 73.6 Å². The number of benzene rings is 1. The van der Waals surface area contributed by atoms with E-state index < -0.39 is 0 Å². The van der Waals surface area contributed by atoms with Crippen LogP contribution in [0, 0.1) is 0 Å². The Morgan fingerprint density at radius 3 is 2.48 bits per heavy atom. The zero-order chi connectivity index (χ0) is 19.4. The summed E-state index contributed by atoms with van der Waals surface area (Å²) in [6.07, 6.45) is 1.63. The molecule has 3 rings (SSSR count). The third kappa shape index (κ3) is 4.13. The summed E-state index contributed by atoms with van der Waals surface area (Å²) >= 11 is 0. The summed E-state index contributed by atoms with van der Waals surface area (Å²) < 4.78 is 13.1. The van der Waals surface area contributed by atoms with Crippen molar-refractivity contribution >= 4 is 11.3 Å². The first kappa shape index (κ1) is 18.9. The molecule has 0 saturated carbocycles. The molecule has 1 atom stereocenters. The van der Waals surface area contributed by atoms with Gasteiger partial charge < -0.3 is 14.8 Å². The molecule has 0 amide bonds. The van der Waals surface area contributed by atoms with E-state index in [1.165, 1.54) is 0 Å². The number of nitrogens with zero attached hydrogens (tertiary/aromatic N) is 4. The van der Waals surface area contributed by atoms with E-state index in [1.807, 2.05) is 32.0 Å². The summed E-state index contributed by atoms with van der Waals surface area (Å²) in [6, 6.07) is 8.13. The van der Waals surface area contributed by atoms with Crippen molar-refractivity contribution in [1.29, 1.82) is 0 Å². The minimum Gasteiger partial charge on any atom is -0.490 e. The maximum atomic E-state index is 5.75. The Morgan fingerprint density at radius 1 is 1.04 bits per heavy atom. The molecule has 0 aliphatic rings. The summed E-state index contributed by atoms with van der Waals surface area (Å²) in [5, 5.41) is 16.3. The van der Waals surface area contributed by atoms with E-state index in [0.29, 0.717) is 24.8 Å². The quantitative estimate of drug-likeness (QED) is 0.641. The van der Waals surface area contributed by atoms with E-state index in [0.717, 1.165) is 28.4 Å². The molecular weight excluding hydrogens is 342 g/mol. The highest BCUT2D eigenvalue weighted by Crippen LogP contribution is 2.32. The van der Waals surface area contributed by atoms with Gasteiger partial charge in [-0.25, -0.2) is 0 Å². The van der Waals surface area contributed by atoms with Crippen LogP contribution in [0.3, 0.4) is 0 Å². The monoisotopic (exact) mass is 369 g/mol. The van der Waals surface area contributed by atoms with Crippen molar-refractivity contribution in [3.8, 4) is 11.5 Å². The van der Waals surface area contributed by atoms with Gasteiger partial charge in [0.25, 0.3) is 0 Å². The lowest BCUT2D eigenvalue weighted by Crippen LogP contribution is -2.11. The summed E-state index contributed by atoms with van der Waals surface area (Å²) in [5.41, 5.74) is 3.70. The summed E-state index contributed by atoms with van der Waals surface area (Å²) in [7, 11) is 0. The Morgan fingerprint density at radius 2 is 1.78 bits per heavy atom. The zero-order valence-electron chi connectivity index (χ0n) is 16.6. The van der Waals surface area contributed by atoms with E-state index in [4.69, 9.17) is 9.47 Å². The average molecular weight is 369 g/mol. The van der Waals surface area contributed by atoms with Crippen LogP contribution in [0.2, 0.25) is 0 Å². The van der Waals surface area contributed by atoms with Gasteiger partial charge in [-0.3, -0.25) is 0 Å². The molecule has 0 aliphatic carbocycles. The molecule has 3 aromatic rings. The van der Waals surface area contributed by atoms with Gasteiger partial charge >= 0.3 is 0 Å².